The summed E-state index contributed by atoms with van der Waals surface area (Å²) < 4.78 is 62.0. The molecule has 0 unspecified atom stereocenters. The second-order valence-electron chi connectivity index (χ2n) is 3.08. The topological polar surface area (TPSA) is 43.4 Å². The van der Waals surface area contributed by atoms with Gasteiger partial charge >= 0.3 is 15.6 Å². The highest BCUT2D eigenvalue weighted by Crippen LogP contribution is 2.28. The molecule has 0 radical (unpaired) electrons. The molecule has 0 aromatic heterocycles. The summed E-state index contributed by atoms with van der Waals surface area (Å²) in [4.78, 5) is 0. The van der Waals surface area contributed by atoms with E-state index >= 15 is 0 Å². The molecule has 1 aromatic carbocycles. The van der Waals surface area contributed by atoms with E-state index in [2.05, 4.69) is 10.8 Å². The average molecular weight is 266 g/mol. The van der Waals surface area contributed by atoms with E-state index in [-0.39, 0.29) is 12.2 Å². The van der Waals surface area contributed by atoms with Crippen LogP contribution in [0.4, 0.5) is 13.2 Å². The summed E-state index contributed by atoms with van der Waals surface area (Å²) in [5, 5.41) is 0. The molecular formula is C10H9F3O3S. The Morgan fingerprint density at radius 1 is 1.29 bits per heavy atom. The van der Waals surface area contributed by atoms with Gasteiger partial charge in [-0.1, -0.05) is 24.3 Å². The lowest BCUT2D eigenvalue weighted by Crippen LogP contribution is -2.28. The Balaban J connectivity index is 3.08. The van der Waals surface area contributed by atoms with E-state index < -0.39 is 15.6 Å². The fourth-order valence-corrected chi connectivity index (χ4v) is 1.57. The molecule has 0 spiro atoms. The van der Waals surface area contributed by atoms with E-state index in [1.807, 2.05) is 0 Å². The first-order valence-corrected chi connectivity index (χ1v) is 5.88. The standard InChI is InChI=1S/C10H9F3O3S/c1-2-5-8-6-3-4-7-9(8)16-17(14,15)10(11,12)13/h2-4,6-7H,1,5H2. The van der Waals surface area contributed by atoms with Gasteiger partial charge in [-0.3, -0.25) is 0 Å². The molecule has 0 fully saturated rings. The van der Waals surface area contributed by atoms with E-state index in [4.69, 9.17) is 0 Å². The molecule has 0 aliphatic rings. The highest BCUT2D eigenvalue weighted by molar-refractivity contribution is 7.88. The summed E-state index contributed by atoms with van der Waals surface area (Å²) in [6.07, 6.45) is 1.64. The summed E-state index contributed by atoms with van der Waals surface area (Å²) in [6.45, 7) is 3.42. The van der Waals surface area contributed by atoms with Crippen molar-refractivity contribution in [3.8, 4) is 5.75 Å². The molecular weight excluding hydrogens is 257 g/mol. The maximum absolute atomic E-state index is 12.1. The number of hydrogen-bond donors (Lipinski definition) is 0. The van der Waals surface area contributed by atoms with Crippen LogP contribution in [0.2, 0.25) is 0 Å². The van der Waals surface area contributed by atoms with Crippen molar-refractivity contribution in [3.63, 3.8) is 0 Å². The Labute approximate surface area is 96.6 Å². The lowest BCUT2D eigenvalue weighted by atomic mass is 10.1. The Morgan fingerprint density at radius 3 is 2.41 bits per heavy atom. The summed E-state index contributed by atoms with van der Waals surface area (Å²) in [5.74, 6) is -0.343. The zero-order valence-electron chi connectivity index (χ0n) is 8.57. The maximum atomic E-state index is 12.1. The van der Waals surface area contributed by atoms with Crippen molar-refractivity contribution >= 4 is 10.1 Å². The lowest BCUT2D eigenvalue weighted by molar-refractivity contribution is -0.0500. The molecule has 0 aliphatic heterocycles. The van der Waals surface area contributed by atoms with Crippen molar-refractivity contribution in [2.75, 3.05) is 0 Å². The van der Waals surface area contributed by atoms with Crippen LogP contribution in [0.5, 0.6) is 5.75 Å². The molecule has 0 amide bonds. The predicted octanol–water partition coefficient (Wildman–Crippen LogP) is 2.64. The SMILES string of the molecule is C=CCc1ccccc1OS(=O)(=O)C(F)(F)F. The van der Waals surface area contributed by atoms with Crippen molar-refractivity contribution in [1.29, 1.82) is 0 Å². The summed E-state index contributed by atoms with van der Waals surface area (Å²) >= 11 is 0. The molecule has 0 bridgehead atoms. The first-order chi connectivity index (χ1) is 7.78. The molecule has 0 N–H and O–H groups in total. The van der Waals surface area contributed by atoms with E-state index in [9.17, 15) is 21.6 Å². The van der Waals surface area contributed by atoms with E-state index in [0.29, 0.717) is 5.56 Å². The van der Waals surface area contributed by atoms with Gasteiger partial charge in [-0.15, -0.1) is 6.58 Å². The van der Waals surface area contributed by atoms with Gasteiger partial charge in [0.1, 0.15) is 5.75 Å². The van der Waals surface area contributed by atoms with Gasteiger partial charge in [-0.2, -0.15) is 21.6 Å². The van der Waals surface area contributed by atoms with Gasteiger partial charge < -0.3 is 4.18 Å². The summed E-state index contributed by atoms with van der Waals surface area (Å²) in [5.41, 5.74) is -5.12. The van der Waals surface area contributed by atoms with Crippen LogP contribution in [0, 0.1) is 0 Å². The highest BCUT2D eigenvalue weighted by atomic mass is 32.2. The van der Waals surface area contributed by atoms with Crippen LogP contribution in [0.1, 0.15) is 5.56 Å². The molecule has 0 atom stereocenters. The number of hydrogen-bond acceptors (Lipinski definition) is 3. The fourth-order valence-electron chi connectivity index (χ4n) is 1.07. The molecule has 0 heterocycles. The number of allylic oxidation sites excluding steroid dienone is 1. The van der Waals surface area contributed by atoms with Gasteiger partial charge in [-0.05, 0) is 18.1 Å². The first-order valence-electron chi connectivity index (χ1n) is 4.47. The highest BCUT2D eigenvalue weighted by Gasteiger charge is 2.48. The second kappa shape index (κ2) is 4.79. The zero-order valence-corrected chi connectivity index (χ0v) is 9.38. The minimum absolute atomic E-state index is 0.212. The minimum Gasteiger partial charge on any atom is -0.376 e. The second-order valence-corrected chi connectivity index (χ2v) is 4.62. The van der Waals surface area contributed by atoms with Gasteiger partial charge in [0.15, 0.2) is 0 Å². The van der Waals surface area contributed by atoms with Crippen LogP contribution in [-0.4, -0.2) is 13.9 Å². The fraction of sp³-hybridized carbons (Fsp3) is 0.200. The third-order valence-corrected chi connectivity index (χ3v) is 2.79. The zero-order chi connectivity index (χ0) is 13.1. The predicted molar refractivity (Wildman–Crippen MR) is 55.9 cm³/mol. The molecule has 0 saturated carbocycles. The van der Waals surface area contributed by atoms with Crippen molar-refractivity contribution < 1.29 is 25.8 Å². The molecule has 94 valence electrons. The maximum Gasteiger partial charge on any atom is 0.534 e. The average Bonchev–Trinajstić information content (AvgIpc) is 2.19. The Bertz CT molecular complexity index is 506. The smallest absolute Gasteiger partial charge is 0.376 e. The molecule has 0 aliphatic carbocycles. The quantitative estimate of drug-likeness (QED) is 0.478. The lowest BCUT2D eigenvalue weighted by Gasteiger charge is -2.11. The molecule has 1 rings (SSSR count). The third-order valence-electron chi connectivity index (χ3n) is 1.82. The first kappa shape index (κ1) is 13.6. The Kier molecular flexibility index (Phi) is 3.82. The molecule has 0 saturated heterocycles. The number of halogens is 3. The largest absolute Gasteiger partial charge is 0.534 e. The monoisotopic (exact) mass is 266 g/mol. The number of para-hydroxylation sites is 1. The van der Waals surface area contributed by atoms with E-state index in [0.717, 1.165) is 6.07 Å². The van der Waals surface area contributed by atoms with Gasteiger partial charge in [-0.25, -0.2) is 0 Å². The van der Waals surface area contributed by atoms with Crippen molar-refractivity contribution in [2.45, 2.75) is 11.9 Å². The molecule has 7 heteroatoms. The molecule has 1 aromatic rings. The third kappa shape index (κ3) is 3.23. The van der Waals surface area contributed by atoms with E-state index in [1.165, 1.54) is 18.2 Å². The molecule has 3 nitrogen and oxygen atoms in total. The summed E-state index contributed by atoms with van der Waals surface area (Å²) in [7, 11) is -5.63. The van der Waals surface area contributed by atoms with Crippen LogP contribution >= 0.6 is 0 Å². The van der Waals surface area contributed by atoms with Gasteiger partial charge in [0, 0.05) is 0 Å². The Morgan fingerprint density at radius 2 is 1.88 bits per heavy atom. The van der Waals surface area contributed by atoms with Crippen molar-refractivity contribution in [2.24, 2.45) is 0 Å². The Hall–Kier alpha value is -1.50. The van der Waals surface area contributed by atoms with Crippen molar-refractivity contribution in [3.05, 3.63) is 42.5 Å². The van der Waals surface area contributed by atoms with Crippen LogP contribution in [-0.2, 0) is 16.5 Å². The van der Waals surface area contributed by atoms with Crippen LogP contribution in [0.3, 0.4) is 0 Å². The number of rotatable bonds is 4. The van der Waals surface area contributed by atoms with Gasteiger partial charge in [0.2, 0.25) is 0 Å². The van der Waals surface area contributed by atoms with Crippen LogP contribution in [0.25, 0.3) is 0 Å². The molecule has 17 heavy (non-hydrogen) atoms. The normalized spacial score (nSPS) is 12.2. The van der Waals surface area contributed by atoms with Crippen molar-refractivity contribution in [1.82, 2.24) is 0 Å². The minimum atomic E-state index is -5.63. The van der Waals surface area contributed by atoms with Crippen LogP contribution < -0.4 is 4.18 Å². The van der Waals surface area contributed by atoms with E-state index in [1.54, 1.807) is 6.07 Å². The summed E-state index contributed by atoms with van der Waals surface area (Å²) in [6, 6.07) is 5.56. The number of alkyl halides is 3. The van der Waals surface area contributed by atoms with Crippen LogP contribution in [0.15, 0.2) is 36.9 Å². The van der Waals surface area contributed by atoms with Gasteiger partial charge in [0.05, 0.1) is 0 Å². The van der Waals surface area contributed by atoms with Gasteiger partial charge in [0.25, 0.3) is 0 Å². The number of benzene rings is 1.